The van der Waals surface area contributed by atoms with E-state index in [4.69, 9.17) is 0 Å². The summed E-state index contributed by atoms with van der Waals surface area (Å²) in [7, 11) is 0. The maximum atomic E-state index is 12.5. The minimum atomic E-state index is -0.759. The Morgan fingerprint density at radius 3 is 2.74 bits per heavy atom. The fraction of sp³-hybridized carbons (Fsp3) is 0.857. The Hall–Kier alpha value is -1.10. The van der Waals surface area contributed by atoms with Gasteiger partial charge in [-0.15, -0.1) is 0 Å². The minimum Gasteiger partial charge on any atom is -0.481 e. The van der Waals surface area contributed by atoms with Gasteiger partial charge in [-0.05, 0) is 39.2 Å². The molecule has 3 unspecified atom stereocenters. The largest absolute Gasteiger partial charge is 0.481 e. The van der Waals surface area contributed by atoms with E-state index in [2.05, 4.69) is 5.32 Å². The normalized spacial score (nSPS) is 35.4. The fourth-order valence-electron chi connectivity index (χ4n) is 3.36. The summed E-state index contributed by atoms with van der Waals surface area (Å²) in [4.78, 5) is 25.8. The second-order valence-electron chi connectivity index (χ2n) is 5.94. The zero-order chi connectivity index (χ0) is 14.0. The summed E-state index contributed by atoms with van der Waals surface area (Å²) in [5.41, 5.74) is -0.733. The monoisotopic (exact) mass is 268 g/mol. The first kappa shape index (κ1) is 14.3. The van der Waals surface area contributed by atoms with E-state index in [1.807, 2.05) is 13.8 Å². The predicted octanol–water partition coefficient (Wildman–Crippen LogP) is 1.09. The lowest BCUT2D eigenvalue weighted by atomic mass is 9.77. The van der Waals surface area contributed by atoms with Gasteiger partial charge in [0.05, 0.1) is 11.3 Å². The van der Waals surface area contributed by atoms with Crippen LogP contribution < -0.4 is 5.32 Å². The number of piperidine rings is 1. The molecule has 0 radical (unpaired) electrons. The Kier molecular flexibility index (Phi) is 4.13. The molecule has 5 nitrogen and oxygen atoms in total. The highest BCUT2D eigenvalue weighted by molar-refractivity contribution is 5.82. The van der Waals surface area contributed by atoms with E-state index in [9.17, 15) is 14.7 Å². The molecule has 2 N–H and O–H groups in total. The molecule has 1 amide bonds. The van der Waals surface area contributed by atoms with Crippen molar-refractivity contribution in [3.05, 3.63) is 0 Å². The number of nitrogens with zero attached hydrogens (tertiary/aromatic N) is 1. The summed E-state index contributed by atoms with van der Waals surface area (Å²) in [5.74, 6) is -0.608. The third-order valence-electron chi connectivity index (χ3n) is 4.86. The van der Waals surface area contributed by atoms with Crippen molar-refractivity contribution < 1.29 is 14.7 Å². The van der Waals surface area contributed by atoms with Crippen LogP contribution in [0, 0.1) is 11.3 Å². The van der Waals surface area contributed by atoms with Crippen molar-refractivity contribution in [3.63, 3.8) is 0 Å². The van der Waals surface area contributed by atoms with Crippen molar-refractivity contribution in [2.45, 2.75) is 45.6 Å². The van der Waals surface area contributed by atoms with Gasteiger partial charge >= 0.3 is 5.97 Å². The topological polar surface area (TPSA) is 69.6 Å². The second kappa shape index (κ2) is 5.49. The summed E-state index contributed by atoms with van der Waals surface area (Å²) in [6.45, 7) is 5.90. The summed E-state index contributed by atoms with van der Waals surface area (Å²) in [6.07, 6.45) is 2.93. The van der Waals surface area contributed by atoms with E-state index in [1.165, 1.54) is 0 Å². The average Bonchev–Trinajstić information content (AvgIpc) is 2.84. The van der Waals surface area contributed by atoms with E-state index in [0.29, 0.717) is 25.9 Å². The van der Waals surface area contributed by atoms with Crippen LogP contribution in [0.4, 0.5) is 0 Å². The molecule has 5 heteroatoms. The Morgan fingerprint density at radius 2 is 2.21 bits per heavy atom. The molecule has 2 aliphatic heterocycles. The van der Waals surface area contributed by atoms with Crippen LogP contribution in [0.2, 0.25) is 0 Å². The molecule has 0 bridgehead atoms. The molecular formula is C14H24N2O3. The van der Waals surface area contributed by atoms with E-state index >= 15 is 0 Å². The molecule has 2 heterocycles. The lowest BCUT2D eigenvalue weighted by molar-refractivity contribution is -0.156. The van der Waals surface area contributed by atoms with Gasteiger partial charge in [-0.25, -0.2) is 0 Å². The molecule has 0 saturated carbocycles. The molecule has 2 saturated heterocycles. The van der Waals surface area contributed by atoms with Crippen LogP contribution in [0.25, 0.3) is 0 Å². The Balaban J connectivity index is 2.08. The van der Waals surface area contributed by atoms with Crippen molar-refractivity contribution >= 4 is 11.9 Å². The average molecular weight is 268 g/mol. The molecule has 3 atom stereocenters. The Labute approximate surface area is 114 Å². The highest BCUT2D eigenvalue weighted by Gasteiger charge is 2.44. The van der Waals surface area contributed by atoms with Crippen LogP contribution in [0.5, 0.6) is 0 Å². The number of hydrogen-bond acceptors (Lipinski definition) is 3. The van der Waals surface area contributed by atoms with E-state index in [-0.39, 0.29) is 17.9 Å². The van der Waals surface area contributed by atoms with E-state index < -0.39 is 11.4 Å². The third kappa shape index (κ3) is 2.61. The predicted molar refractivity (Wildman–Crippen MR) is 71.7 cm³/mol. The second-order valence-corrected chi connectivity index (χ2v) is 5.94. The number of amides is 1. The zero-order valence-corrected chi connectivity index (χ0v) is 11.8. The molecule has 19 heavy (non-hydrogen) atoms. The Bertz CT molecular complexity index is 372. The van der Waals surface area contributed by atoms with Gasteiger partial charge < -0.3 is 15.3 Å². The number of carboxylic acids is 1. The first-order chi connectivity index (χ1) is 9.00. The zero-order valence-electron chi connectivity index (χ0n) is 11.8. The van der Waals surface area contributed by atoms with Crippen molar-refractivity contribution in [2.24, 2.45) is 11.3 Å². The van der Waals surface area contributed by atoms with Gasteiger partial charge in [0.2, 0.25) is 5.91 Å². The summed E-state index contributed by atoms with van der Waals surface area (Å²) < 4.78 is 0. The quantitative estimate of drug-likeness (QED) is 0.804. The molecule has 108 valence electrons. The summed E-state index contributed by atoms with van der Waals surface area (Å²) in [6, 6.07) is 0.204. The number of nitrogens with one attached hydrogen (secondary N) is 1. The van der Waals surface area contributed by atoms with Crippen LogP contribution in [-0.2, 0) is 9.59 Å². The van der Waals surface area contributed by atoms with Gasteiger partial charge in [-0.2, -0.15) is 0 Å². The summed E-state index contributed by atoms with van der Waals surface area (Å²) in [5, 5.41) is 12.7. The minimum absolute atomic E-state index is 0.0152. The van der Waals surface area contributed by atoms with Crippen LogP contribution in [0.1, 0.15) is 39.5 Å². The number of likely N-dealkylation sites (tertiary alicyclic amines) is 1. The standard InChI is InChI=1S/C14H24N2O3/c1-3-14(13(18)19)6-4-8-16(9-14)12(17)11-5-7-15-10(11)2/h10-11,15H,3-9H2,1-2H3,(H,18,19). The van der Waals surface area contributed by atoms with Gasteiger partial charge in [-0.3, -0.25) is 9.59 Å². The first-order valence-corrected chi connectivity index (χ1v) is 7.26. The number of hydrogen-bond donors (Lipinski definition) is 2. The molecule has 0 aromatic carbocycles. The first-order valence-electron chi connectivity index (χ1n) is 7.26. The van der Waals surface area contributed by atoms with Crippen molar-refractivity contribution in [3.8, 4) is 0 Å². The highest BCUT2D eigenvalue weighted by atomic mass is 16.4. The molecular weight excluding hydrogens is 244 g/mol. The lowest BCUT2D eigenvalue weighted by Crippen LogP contribution is -2.52. The summed E-state index contributed by atoms with van der Waals surface area (Å²) >= 11 is 0. The highest BCUT2D eigenvalue weighted by Crippen LogP contribution is 2.34. The lowest BCUT2D eigenvalue weighted by Gasteiger charge is -2.40. The van der Waals surface area contributed by atoms with Crippen LogP contribution in [0.15, 0.2) is 0 Å². The number of carbonyl (C=O) groups excluding carboxylic acids is 1. The molecule has 2 fully saturated rings. The van der Waals surface area contributed by atoms with Gasteiger partial charge in [0.25, 0.3) is 0 Å². The van der Waals surface area contributed by atoms with Crippen molar-refractivity contribution in [2.75, 3.05) is 19.6 Å². The molecule has 0 spiro atoms. The van der Waals surface area contributed by atoms with Crippen LogP contribution in [0.3, 0.4) is 0 Å². The van der Waals surface area contributed by atoms with Gasteiger partial charge in [0.1, 0.15) is 0 Å². The third-order valence-corrected chi connectivity index (χ3v) is 4.86. The van der Waals surface area contributed by atoms with E-state index in [1.54, 1.807) is 4.90 Å². The number of aliphatic carboxylic acids is 1. The molecule has 0 aromatic rings. The SMILES string of the molecule is CCC1(C(=O)O)CCCN(C(=O)C2CCNC2C)C1. The Morgan fingerprint density at radius 1 is 1.47 bits per heavy atom. The molecule has 2 aliphatic rings. The van der Waals surface area contributed by atoms with Gasteiger partial charge in [0.15, 0.2) is 0 Å². The number of carbonyl (C=O) groups is 2. The van der Waals surface area contributed by atoms with Crippen LogP contribution >= 0.6 is 0 Å². The number of carboxylic acid groups (broad SMARTS) is 1. The molecule has 0 aromatic heterocycles. The number of rotatable bonds is 3. The van der Waals surface area contributed by atoms with Gasteiger partial charge in [-0.1, -0.05) is 6.92 Å². The van der Waals surface area contributed by atoms with E-state index in [0.717, 1.165) is 19.4 Å². The van der Waals surface area contributed by atoms with Gasteiger partial charge in [0, 0.05) is 19.1 Å². The molecule has 0 aliphatic carbocycles. The van der Waals surface area contributed by atoms with Crippen molar-refractivity contribution in [1.82, 2.24) is 10.2 Å². The molecule has 2 rings (SSSR count). The maximum Gasteiger partial charge on any atom is 0.311 e. The fourth-order valence-corrected chi connectivity index (χ4v) is 3.36. The van der Waals surface area contributed by atoms with Crippen molar-refractivity contribution in [1.29, 1.82) is 0 Å². The maximum absolute atomic E-state index is 12.5. The smallest absolute Gasteiger partial charge is 0.311 e. The van der Waals surface area contributed by atoms with Crippen LogP contribution in [-0.4, -0.2) is 47.6 Å².